The van der Waals surface area contributed by atoms with Gasteiger partial charge in [-0.05, 0) is 157 Å². The van der Waals surface area contributed by atoms with E-state index in [1.807, 2.05) is 18.7 Å². The maximum atomic E-state index is 13.2. The number of amides is 1. The van der Waals surface area contributed by atoms with Crippen LogP contribution in [0.4, 0.5) is 0 Å². The SMILES string of the molecule is CCC(CCCC1CCC2C3CC=C4CC(OC(=O)CCCC(=O)N(CCCCNCCC(C)N)CCC(C)N)CCC4(C)C3CCC12C)C(C)C. The molecule has 10 unspecified atom stereocenters. The predicted octanol–water partition coefficient (Wildman–Crippen LogP) is 9.17. The van der Waals surface area contributed by atoms with Crippen molar-refractivity contribution in [2.45, 2.75) is 189 Å². The number of rotatable bonds is 22. The number of nitrogens with zero attached hydrogens (tertiary/aromatic N) is 1. The molecule has 10 atom stereocenters. The Labute approximate surface area is 320 Å². The minimum atomic E-state index is -0.139. The van der Waals surface area contributed by atoms with E-state index >= 15 is 0 Å². The quantitative estimate of drug-likeness (QED) is 0.0583. The van der Waals surface area contributed by atoms with Gasteiger partial charge in [0.15, 0.2) is 0 Å². The lowest BCUT2D eigenvalue weighted by atomic mass is 9.47. The van der Waals surface area contributed by atoms with Crippen LogP contribution in [0.15, 0.2) is 11.6 Å². The first-order valence-corrected chi connectivity index (χ1v) is 22.2. The molecule has 52 heavy (non-hydrogen) atoms. The number of allylic oxidation sites excluding steroid dienone is 1. The van der Waals surface area contributed by atoms with E-state index in [0.29, 0.717) is 31.2 Å². The highest BCUT2D eigenvalue weighted by molar-refractivity contribution is 5.77. The van der Waals surface area contributed by atoms with Crippen LogP contribution < -0.4 is 16.8 Å². The van der Waals surface area contributed by atoms with Crippen molar-refractivity contribution in [2.24, 2.45) is 57.8 Å². The van der Waals surface area contributed by atoms with Crippen LogP contribution in [-0.2, 0) is 14.3 Å². The molecule has 0 radical (unpaired) electrons. The van der Waals surface area contributed by atoms with Crippen LogP contribution in [0, 0.1) is 46.3 Å². The Morgan fingerprint density at radius 1 is 0.885 bits per heavy atom. The van der Waals surface area contributed by atoms with Crippen LogP contribution in [-0.4, -0.2) is 61.1 Å². The van der Waals surface area contributed by atoms with E-state index in [1.54, 1.807) is 5.57 Å². The van der Waals surface area contributed by atoms with Gasteiger partial charge in [0.1, 0.15) is 6.10 Å². The third-order valence-corrected chi connectivity index (χ3v) is 14.9. The molecule has 0 bridgehead atoms. The standard InChI is InChI=1S/C45H82N4O3/c1-8-35(32(2)3)13-11-14-36-18-20-40-39-19-17-37-31-38(21-25-45(37,7)41(39)22-26-44(36,40)6)52-43(51)16-12-15-42(50)49(30-24-34(5)47)29-10-9-27-48-28-23-33(4)46/h17,32-36,38-41,48H,8-16,18-31,46-47H2,1-7H3. The van der Waals surface area contributed by atoms with Gasteiger partial charge in [-0.2, -0.15) is 0 Å². The average Bonchev–Trinajstić information content (AvgIpc) is 3.43. The molecule has 4 aliphatic carbocycles. The minimum Gasteiger partial charge on any atom is -0.462 e. The summed E-state index contributed by atoms with van der Waals surface area (Å²) < 4.78 is 6.11. The zero-order valence-electron chi connectivity index (χ0n) is 34.9. The third kappa shape index (κ3) is 11.5. The second-order valence-corrected chi connectivity index (χ2v) is 19.0. The van der Waals surface area contributed by atoms with E-state index in [1.165, 1.54) is 57.8 Å². The Bertz CT molecular complexity index is 1140. The van der Waals surface area contributed by atoms with E-state index < -0.39 is 0 Å². The molecule has 0 heterocycles. The fourth-order valence-corrected chi connectivity index (χ4v) is 11.5. The molecule has 3 fully saturated rings. The topological polar surface area (TPSA) is 111 Å². The Hall–Kier alpha value is -1.44. The molecule has 4 rings (SSSR count). The van der Waals surface area contributed by atoms with Crippen LogP contribution in [0.1, 0.15) is 170 Å². The molecule has 0 saturated heterocycles. The van der Waals surface area contributed by atoms with Gasteiger partial charge in [-0.25, -0.2) is 0 Å². The summed E-state index contributed by atoms with van der Waals surface area (Å²) in [5.41, 5.74) is 14.2. The van der Waals surface area contributed by atoms with Gasteiger partial charge in [0.2, 0.25) is 5.91 Å². The van der Waals surface area contributed by atoms with Crippen molar-refractivity contribution in [1.82, 2.24) is 10.2 Å². The van der Waals surface area contributed by atoms with Crippen LogP contribution >= 0.6 is 0 Å². The molecular formula is C45H82N4O3. The number of ether oxygens (including phenoxy) is 1. The van der Waals surface area contributed by atoms with Crippen molar-refractivity contribution in [3.05, 3.63) is 11.6 Å². The van der Waals surface area contributed by atoms with Gasteiger partial charge in [-0.1, -0.05) is 65.5 Å². The molecule has 7 heteroatoms. The first-order chi connectivity index (χ1) is 24.8. The molecule has 5 N–H and O–H groups in total. The summed E-state index contributed by atoms with van der Waals surface area (Å²) in [6.45, 7) is 19.7. The molecular weight excluding hydrogens is 645 g/mol. The van der Waals surface area contributed by atoms with Gasteiger partial charge < -0.3 is 26.4 Å². The Morgan fingerprint density at radius 2 is 1.65 bits per heavy atom. The van der Waals surface area contributed by atoms with Gasteiger partial charge in [0, 0.05) is 44.4 Å². The molecule has 300 valence electrons. The molecule has 1 amide bonds. The van der Waals surface area contributed by atoms with Gasteiger partial charge in [-0.3, -0.25) is 9.59 Å². The van der Waals surface area contributed by atoms with Crippen molar-refractivity contribution in [3.63, 3.8) is 0 Å². The largest absolute Gasteiger partial charge is 0.462 e. The van der Waals surface area contributed by atoms with Crippen molar-refractivity contribution >= 4 is 11.9 Å². The van der Waals surface area contributed by atoms with E-state index in [-0.39, 0.29) is 35.5 Å². The number of fused-ring (bicyclic) bond motifs is 5. The molecule has 0 aromatic heterocycles. The van der Waals surface area contributed by atoms with Crippen molar-refractivity contribution in [1.29, 1.82) is 0 Å². The Balaban J connectivity index is 1.21. The summed E-state index contributed by atoms with van der Waals surface area (Å²) in [4.78, 5) is 28.2. The number of unbranched alkanes of at least 4 members (excludes halogenated alkanes) is 1. The predicted molar refractivity (Wildman–Crippen MR) is 217 cm³/mol. The molecule has 0 aromatic rings. The Kier molecular flexibility index (Phi) is 17.0. The maximum Gasteiger partial charge on any atom is 0.306 e. The van der Waals surface area contributed by atoms with Gasteiger partial charge in [0.05, 0.1) is 0 Å². The lowest BCUT2D eigenvalue weighted by Gasteiger charge is -2.58. The van der Waals surface area contributed by atoms with Gasteiger partial charge >= 0.3 is 5.97 Å². The van der Waals surface area contributed by atoms with E-state index in [9.17, 15) is 9.59 Å². The van der Waals surface area contributed by atoms with Crippen LogP contribution in [0.5, 0.6) is 0 Å². The second kappa shape index (κ2) is 20.5. The smallest absolute Gasteiger partial charge is 0.306 e. The monoisotopic (exact) mass is 727 g/mol. The van der Waals surface area contributed by atoms with Gasteiger partial charge in [-0.15, -0.1) is 0 Å². The summed E-state index contributed by atoms with van der Waals surface area (Å²) in [6.07, 6.45) is 23.0. The zero-order valence-corrected chi connectivity index (χ0v) is 34.9. The van der Waals surface area contributed by atoms with Crippen LogP contribution in [0.25, 0.3) is 0 Å². The van der Waals surface area contributed by atoms with Crippen molar-refractivity contribution < 1.29 is 14.3 Å². The lowest BCUT2D eigenvalue weighted by Crippen LogP contribution is -2.50. The molecule has 0 aromatic carbocycles. The molecule has 3 saturated carbocycles. The normalized spacial score (nSPS) is 31.6. The number of esters is 1. The molecule has 7 nitrogen and oxygen atoms in total. The fourth-order valence-electron chi connectivity index (χ4n) is 11.5. The minimum absolute atomic E-state index is 0.0224. The zero-order chi connectivity index (χ0) is 37.9. The Morgan fingerprint density at radius 3 is 2.37 bits per heavy atom. The molecule has 4 aliphatic rings. The maximum absolute atomic E-state index is 13.2. The first kappa shape index (κ1) is 43.3. The van der Waals surface area contributed by atoms with E-state index in [2.05, 4.69) is 46.0 Å². The molecule has 0 aliphatic heterocycles. The van der Waals surface area contributed by atoms with Crippen molar-refractivity contribution in [2.75, 3.05) is 26.2 Å². The van der Waals surface area contributed by atoms with E-state index in [0.717, 1.165) is 100 Å². The summed E-state index contributed by atoms with van der Waals surface area (Å²) in [5, 5.41) is 3.44. The van der Waals surface area contributed by atoms with Crippen molar-refractivity contribution in [3.8, 4) is 0 Å². The van der Waals surface area contributed by atoms with Crippen LogP contribution in [0.3, 0.4) is 0 Å². The highest BCUT2D eigenvalue weighted by atomic mass is 16.5. The molecule has 0 spiro atoms. The lowest BCUT2D eigenvalue weighted by molar-refractivity contribution is -0.151. The second-order valence-electron chi connectivity index (χ2n) is 19.0. The first-order valence-electron chi connectivity index (χ1n) is 22.2. The highest BCUT2D eigenvalue weighted by Crippen LogP contribution is 2.67. The highest BCUT2D eigenvalue weighted by Gasteiger charge is 2.58. The summed E-state index contributed by atoms with van der Waals surface area (Å²) in [7, 11) is 0. The summed E-state index contributed by atoms with van der Waals surface area (Å²) >= 11 is 0. The number of carbonyl (C=O) groups excluding carboxylic acids is 2. The van der Waals surface area contributed by atoms with Gasteiger partial charge in [0.25, 0.3) is 0 Å². The number of carbonyl (C=O) groups is 2. The number of hydrogen-bond acceptors (Lipinski definition) is 6. The van der Waals surface area contributed by atoms with Crippen LogP contribution in [0.2, 0.25) is 0 Å². The fraction of sp³-hybridized carbons (Fsp3) is 0.911. The van der Waals surface area contributed by atoms with E-state index in [4.69, 9.17) is 16.2 Å². The summed E-state index contributed by atoms with van der Waals surface area (Å²) in [5.74, 6) is 5.06. The average molecular weight is 727 g/mol. The number of hydrogen-bond donors (Lipinski definition) is 3. The third-order valence-electron chi connectivity index (χ3n) is 14.9. The summed E-state index contributed by atoms with van der Waals surface area (Å²) in [6, 6.07) is 0.276. The number of nitrogens with two attached hydrogens (primary N) is 2. The number of nitrogens with one attached hydrogen (secondary N) is 1.